The van der Waals surface area contributed by atoms with Gasteiger partial charge in [-0.25, -0.2) is 4.79 Å². The molecule has 3 N–H and O–H groups in total. The molecule has 1 aliphatic heterocycles. The number of amides is 1. The molecule has 0 radical (unpaired) electrons. The first-order valence-corrected chi connectivity index (χ1v) is 7.66. The number of hydrogen-bond donors (Lipinski definition) is 3. The number of nitrogens with zero attached hydrogens (tertiary/aromatic N) is 2. The molecule has 1 unspecified atom stereocenters. The Morgan fingerprint density at radius 3 is 2.70 bits per heavy atom. The first-order valence-electron chi connectivity index (χ1n) is 6.90. The number of halogens is 2. The molecular formula is C13H17Cl2N3O5. The minimum Gasteiger partial charge on any atom is -0.394 e. The topological polar surface area (TPSA) is 114 Å². The number of anilines is 1. The number of carbonyl (C=O) groups is 1. The molecule has 0 bridgehead atoms. The van der Waals surface area contributed by atoms with Gasteiger partial charge in [0, 0.05) is 12.1 Å². The average molecular weight is 366 g/mol. The molecule has 2 heterocycles. The van der Waals surface area contributed by atoms with Gasteiger partial charge in [-0.2, -0.15) is 4.98 Å². The van der Waals surface area contributed by atoms with Crippen molar-refractivity contribution in [1.29, 1.82) is 0 Å². The number of aliphatic hydroxyl groups excluding tert-OH is 2. The van der Waals surface area contributed by atoms with E-state index >= 15 is 0 Å². The lowest BCUT2D eigenvalue weighted by molar-refractivity contribution is -0.118. The predicted octanol–water partition coefficient (Wildman–Crippen LogP) is 0.262. The molecule has 0 saturated carbocycles. The van der Waals surface area contributed by atoms with Gasteiger partial charge in [-0.15, -0.1) is 0 Å². The average Bonchev–Trinajstić information content (AvgIpc) is 2.70. The van der Waals surface area contributed by atoms with Crippen LogP contribution in [0.1, 0.15) is 20.1 Å². The van der Waals surface area contributed by atoms with E-state index < -0.39 is 35.1 Å². The van der Waals surface area contributed by atoms with Crippen LogP contribution in [-0.2, 0) is 9.53 Å². The zero-order valence-electron chi connectivity index (χ0n) is 12.4. The summed E-state index contributed by atoms with van der Waals surface area (Å²) < 4.78 is 4.49. The van der Waals surface area contributed by atoms with Gasteiger partial charge >= 0.3 is 5.69 Å². The minimum absolute atomic E-state index is 0.0805. The first-order chi connectivity index (χ1) is 10.7. The van der Waals surface area contributed by atoms with E-state index in [0.29, 0.717) is 0 Å². The first kappa shape index (κ1) is 18.2. The summed E-state index contributed by atoms with van der Waals surface area (Å²) in [5.74, 6) is -0.472. The third kappa shape index (κ3) is 3.51. The molecular weight excluding hydrogens is 349 g/mol. The van der Waals surface area contributed by atoms with E-state index in [-0.39, 0.29) is 17.6 Å². The zero-order valence-corrected chi connectivity index (χ0v) is 14.0. The van der Waals surface area contributed by atoms with Gasteiger partial charge in [0.15, 0.2) is 10.6 Å². The Morgan fingerprint density at radius 2 is 2.22 bits per heavy atom. The molecule has 1 fully saturated rings. The smallest absolute Gasteiger partial charge is 0.351 e. The molecule has 1 saturated heterocycles. The van der Waals surface area contributed by atoms with Crippen LogP contribution in [0.3, 0.4) is 0 Å². The molecule has 10 heteroatoms. The van der Waals surface area contributed by atoms with E-state index in [9.17, 15) is 14.7 Å². The van der Waals surface area contributed by atoms with Crippen LogP contribution < -0.4 is 11.0 Å². The lowest BCUT2D eigenvalue weighted by Crippen LogP contribution is -2.40. The SMILES string of the molecule is CC(C)C(=O)Nc1ccn(C2O[C@H](CO)[C@@H](O)C2(Cl)Cl)c(=O)n1. The number of nitrogens with one attached hydrogen (secondary N) is 1. The van der Waals surface area contributed by atoms with E-state index in [2.05, 4.69) is 10.3 Å². The van der Waals surface area contributed by atoms with Crippen LogP contribution in [0.15, 0.2) is 17.1 Å². The van der Waals surface area contributed by atoms with E-state index in [1.807, 2.05) is 0 Å². The third-order valence-corrected chi connectivity index (χ3v) is 4.24. The maximum Gasteiger partial charge on any atom is 0.351 e. The number of ether oxygens (including phenoxy) is 1. The molecule has 1 amide bonds. The van der Waals surface area contributed by atoms with Gasteiger partial charge in [-0.05, 0) is 6.07 Å². The lowest BCUT2D eigenvalue weighted by atomic mass is 10.2. The summed E-state index contributed by atoms with van der Waals surface area (Å²) >= 11 is 12.1. The Bertz CT molecular complexity index is 649. The molecule has 23 heavy (non-hydrogen) atoms. The van der Waals surface area contributed by atoms with Crippen LogP contribution in [0.5, 0.6) is 0 Å². The summed E-state index contributed by atoms with van der Waals surface area (Å²) in [4.78, 5) is 27.4. The van der Waals surface area contributed by atoms with Crippen LogP contribution in [0, 0.1) is 5.92 Å². The Labute approximate surface area is 142 Å². The van der Waals surface area contributed by atoms with Crippen LogP contribution in [-0.4, -0.2) is 48.8 Å². The van der Waals surface area contributed by atoms with Crippen LogP contribution >= 0.6 is 23.2 Å². The molecule has 1 aromatic heterocycles. The molecule has 0 aromatic carbocycles. The van der Waals surface area contributed by atoms with Crippen molar-refractivity contribution in [3.8, 4) is 0 Å². The Balaban J connectivity index is 2.28. The molecule has 0 spiro atoms. The van der Waals surface area contributed by atoms with Gasteiger partial charge < -0.3 is 20.3 Å². The summed E-state index contributed by atoms with van der Waals surface area (Å²) in [6.45, 7) is 2.90. The van der Waals surface area contributed by atoms with E-state index in [1.54, 1.807) is 13.8 Å². The number of alkyl halides is 2. The van der Waals surface area contributed by atoms with Gasteiger partial charge in [0.05, 0.1) is 6.61 Å². The van der Waals surface area contributed by atoms with E-state index in [1.165, 1.54) is 12.3 Å². The quantitative estimate of drug-likeness (QED) is 0.659. The maximum atomic E-state index is 12.1. The molecule has 1 aromatic rings. The number of rotatable bonds is 4. The standard InChI is InChI=1S/C13H17Cl2N3O5/c1-6(2)10(21)16-8-3-4-18(12(22)17-8)11-13(14,15)9(20)7(5-19)23-11/h3-4,6-7,9,11,19-20H,5H2,1-2H3,(H,16,17,21,22)/t7-,9-,11?/m1/s1. The highest BCUT2D eigenvalue weighted by molar-refractivity contribution is 6.49. The summed E-state index contributed by atoms with van der Waals surface area (Å²) in [6, 6.07) is 1.38. The fraction of sp³-hybridized carbons (Fsp3) is 0.615. The number of aromatic nitrogens is 2. The highest BCUT2D eigenvalue weighted by atomic mass is 35.5. The number of carbonyl (C=O) groups excluding carboxylic acids is 1. The molecule has 1 aliphatic rings. The fourth-order valence-electron chi connectivity index (χ4n) is 2.05. The van der Waals surface area contributed by atoms with Crippen molar-refractivity contribution in [1.82, 2.24) is 9.55 Å². The Kier molecular flexibility index (Phi) is 5.32. The van der Waals surface area contributed by atoms with Gasteiger partial charge in [0.1, 0.15) is 18.0 Å². The van der Waals surface area contributed by atoms with Crippen LogP contribution in [0.2, 0.25) is 0 Å². The van der Waals surface area contributed by atoms with E-state index in [4.69, 9.17) is 33.0 Å². The highest BCUT2D eigenvalue weighted by Crippen LogP contribution is 2.45. The number of aliphatic hydroxyl groups is 2. The second kappa shape index (κ2) is 6.74. The van der Waals surface area contributed by atoms with Crippen molar-refractivity contribution in [3.05, 3.63) is 22.7 Å². The largest absolute Gasteiger partial charge is 0.394 e. The second-order valence-electron chi connectivity index (χ2n) is 5.48. The summed E-state index contributed by atoms with van der Waals surface area (Å²) in [6.07, 6.45) is -2.34. The minimum atomic E-state index is -1.83. The van der Waals surface area contributed by atoms with Gasteiger partial charge in [-0.1, -0.05) is 37.0 Å². The zero-order chi connectivity index (χ0) is 17.4. The number of hydrogen-bond acceptors (Lipinski definition) is 6. The fourth-order valence-corrected chi connectivity index (χ4v) is 2.64. The normalized spacial score (nSPS) is 26.5. The second-order valence-corrected chi connectivity index (χ2v) is 6.92. The van der Waals surface area contributed by atoms with Crippen LogP contribution in [0.4, 0.5) is 5.82 Å². The van der Waals surface area contributed by atoms with Crippen molar-refractivity contribution in [3.63, 3.8) is 0 Å². The lowest BCUT2D eigenvalue weighted by Gasteiger charge is -2.24. The molecule has 3 atom stereocenters. The molecule has 8 nitrogen and oxygen atoms in total. The third-order valence-electron chi connectivity index (χ3n) is 3.42. The van der Waals surface area contributed by atoms with Crippen molar-refractivity contribution >= 4 is 34.9 Å². The molecule has 128 valence electrons. The Morgan fingerprint density at radius 1 is 1.57 bits per heavy atom. The van der Waals surface area contributed by atoms with Crippen molar-refractivity contribution in [2.24, 2.45) is 5.92 Å². The van der Waals surface area contributed by atoms with Gasteiger partial charge in [-0.3, -0.25) is 9.36 Å². The predicted molar refractivity (Wildman–Crippen MR) is 83.4 cm³/mol. The Hall–Kier alpha value is -1.19. The monoisotopic (exact) mass is 365 g/mol. The van der Waals surface area contributed by atoms with Crippen molar-refractivity contribution < 1.29 is 19.7 Å². The molecule has 2 rings (SSSR count). The van der Waals surface area contributed by atoms with Crippen molar-refractivity contribution in [2.45, 2.75) is 36.6 Å². The highest BCUT2D eigenvalue weighted by Gasteiger charge is 2.55. The summed E-state index contributed by atoms with van der Waals surface area (Å²) in [7, 11) is 0. The van der Waals surface area contributed by atoms with Crippen LogP contribution in [0.25, 0.3) is 0 Å². The van der Waals surface area contributed by atoms with Crippen molar-refractivity contribution in [2.75, 3.05) is 11.9 Å². The summed E-state index contributed by atoms with van der Waals surface area (Å²) in [5, 5.41) is 21.6. The van der Waals surface area contributed by atoms with Gasteiger partial charge in [0.25, 0.3) is 0 Å². The maximum absolute atomic E-state index is 12.1. The molecule has 0 aliphatic carbocycles. The summed E-state index contributed by atoms with van der Waals surface area (Å²) in [5.41, 5.74) is -0.770. The van der Waals surface area contributed by atoms with Gasteiger partial charge in [0.2, 0.25) is 5.91 Å². The van der Waals surface area contributed by atoms with E-state index in [0.717, 1.165) is 4.57 Å².